The Kier molecular flexibility index (Phi) is 32.0. The van der Waals surface area contributed by atoms with Crippen molar-refractivity contribution in [2.45, 2.75) is 188 Å². The molecular weight excluding hydrogens is 1350 g/mol. The molecule has 3 aromatic rings. The number of nitrogens with one attached hydrogen (secondary N) is 3. The van der Waals surface area contributed by atoms with E-state index in [9.17, 15) is 70.2 Å². The van der Waals surface area contributed by atoms with E-state index in [1.807, 2.05) is 85.8 Å². The third-order valence-corrected chi connectivity index (χ3v) is 19.8. The van der Waals surface area contributed by atoms with Crippen molar-refractivity contribution < 1.29 is 103 Å². The normalized spacial score (nSPS) is 34.0. The van der Waals surface area contributed by atoms with Gasteiger partial charge in [0, 0.05) is 62.4 Å². The number of ether oxygens (including phenoxy) is 7. The Morgan fingerprint density at radius 1 is 0.581 bits per heavy atom. The zero-order valence-electron chi connectivity index (χ0n) is 60.0. The van der Waals surface area contributed by atoms with Gasteiger partial charge in [0.05, 0.1) is 92.6 Å². The highest BCUT2D eigenvalue weighted by Crippen LogP contribution is 2.46. The van der Waals surface area contributed by atoms with E-state index in [0.717, 1.165) is 44.5 Å². The molecule has 24 nitrogen and oxygen atoms in total. The molecule has 0 radical (unpaired) electrons. The van der Waals surface area contributed by atoms with Crippen molar-refractivity contribution in [3.8, 4) is 11.1 Å². The van der Waals surface area contributed by atoms with E-state index in [2.05, 4.69) is 29.1 Å². The molecule has 2 saturated heterocycles. The zero-order chi connectivity index (χ0) is 75.7. The number of aliphatic hydroxyl groups excluding tert-OH is 9. The molecule has 0 spiro atoms. The van der Waals surface area contributed by atoms with E-state index in [1.54, 1.807) is 98.9 Å². The SMILES string of the molecule is C=CC1=C(C=C)C(COC(=O)NCCOCCNC(=O)[C@H]2[C@@H]3C[C@@H](OC4OC(C)C(O)C(NC(=O)OCC5c6ccccc6-c6ccccc65)C4O)/C=C/C=C/C=C/C=C/C=C/C=C/C=C/[C@H](C)[C@@H](O)[C@@H](C)[C@H](C)OC(=O)C[C@H](O)C[C@H](O)CC[C@@H](O)[C@H](O)C[C@H](O)C[C@](O)(C[C@@H]2O)O3)c2ccccc21. The Bertz CT molecular complexity index is 3580. The van der Waals surface area contributed by atoms with Crippen molar-refractivity contribution in [1.29, 1.82) is 0 Å². The van der Waals surface area contributed by atoms with E-state index in [-0.39, 0.29) is 83.0 Å². The number of hydrogen-bond donors (Lipinski definition) is 13. The van der Waals surface area contributed by atoms with Gasteiger partial charge < -0.3 is 100 Å². The number of alkyl carbamates (subject to hydrolysis) is 2. The van der Waals surface area contributed by atoms with Crippen molar-refractivity contribution in [2.75, 3.05) is 39.5 Å². The summed E-state index contributed by atoms with van der Waals surface area (Å²) in [4.78, 5) is 54.0. The summed E-state index contributed by atoms with van der Waals surface area (Å²) < 4.78 is 41.7. The molecule has 3 heterocycles. The number of fused-ring (bicyclic) bond motifs is 6. The van der Waals surface area contributed by atoms with Crippen molar-refractivity contribution in [2.24, 2.45) is 17.8 Å². The molecule has 8 rings (SSSR count). The van der Waals surface area contributed by atoms with Gasteiger partial charge >= 0.3 is 18.2 Å². The van der Waals surface area contributed by atoms with Crippen LogP contribution in [0.25, 0.3) is 16.7 Å². The minimum atomic E-state index is -2.42. The van der Waals surface area contributed by atoms with E-state index >= 15 is 0 Å². The molecular formula is C81H105N3O21. The first-order valence-electron chi connectivity index (χ1n) is 36.1. The quantitative estimate of drug-likeness (QED) is 0.0390. The highest BCUT2D eigenvalue weighted by Gasteiger charge is 2.51. The summed E-state index contributed by atoms with van der Waals surface area (Å²) in [6, 6.07) is 21.9. The van der Waals surface area contributed by atoms with E-state index in [0.29, 0.717) is 0 Å². The smallest absolute Gasteiger partial charge is 0.407 e. The summed E-state index contributed by atoms with van der Waals surface area (Å²) in [6.45, 7) is 14.5. The molecule has 3 amide bonds. The van der Waals surface area contributed by atoms with Crippen LogP contribution in [-0.2, 0) is 42.7 Å². The summed E-state index contributed by atoms with van der Waals surface area (Å²) in [7, 11) is 0. The number of amides is 3. The number of rotatable bonds is 16. The number of carbonyl (C=O) groups excluding carboxylic acids is 4. The molecule has 13 N–H and O–H groups in total. The Labute approximate surface area is 614 Å². The first-order valence-corrected chi connectivity index (χ1v) is 36.1. The van der Waals surface area contributed by atoms with Gasteiger partial charge in [-0.3, -0.25) is 9.59 Å². The molecule has 2 fully saturated rings. The van der Waals surface area contributed by atoms with Gasteiger partial charge in [-0.05, 0) is 77.6 Å². The number of cyclic esters (lactones) is 1. The second-order valence-corrected chi connectivity index (χ2v) is 27.5. The molecule has 2 bridgehead atoms. The maximum Gasteiger partial charge on any atom is 0.407 e. The topological polar surface area (TPSA) is 371 Å². The lowest BCUT2D eigenvalue weighted by molar-refractivity contribution is -0.307. The van der Waals surface area contributed by atoms with Gasteiger partial charge in [0.2, 0.25) is 5.91 Å². The van der Waals surface area contributed by atoms with E-state index in [4.69, 9.17) is 33.2 Å². The summed E-state index contributed by atoms with van der Waals surface area (Å²) in [5, 5.41) is 122. The monoisotopic (exact) mass is 1460 g/mol. The van der Waals surface area contributed by atoms with Crippen LogP contribution in [0.15, 0.2) is 189 Å². The average Bonchev–Trinajstić information content (AvgIpc) is 1.49. The minimum Gasteiger partial charge on any atom is -0.462 e. The third-order valence-electron chi connectivity index (χ3n) is 19.8. The molecule has 24 heteroatoms. The predicted molar refractivity (Wildman–Crippen MR) is 393 cm³/mol. The lowest BCUT2D eigenvalue weighted by Crippen LogP contribution is -2.64. The first-order chi connectivity index (χ1) is 50.4. The van der Waals surface area contributed by atoms with Crippen LogP contribution in [0, 0.1) is 17.8 Å². The molecule has 5 aliphatic rings. The van der Waals surface area contributed by atoms with Gasteiger partial charge in [-0.25, -0.2) is 9.59 Å². The molecule has 3 aliphatic heterocycles. The fraction of sp³-hybridized carbons (Fsp3) is 0.481. The number of carbonyl (C=O) groups is 4. The van der Waals surface area contributed by atoms with Crippen LogP contribution in [-0.4, -0.2) is 212 Å². The maximum atomic E-state index is 14.5. The van der Waals surface area contributed by atoms with Crippen LogP contribution in [0.5, 0.6) is 0 Å². The van der Waals surface area contributed by atoms with Gasteiger partial charge in [-0.15, -0.1) is 0 Å². The molecule has 2 aliphatic carbocycles. The van der Waals surface area contributed by atoms with Crippen LogP contribution < -0.4 is 16.0 Å². The van der Waals surface area contributed by atoms with Crippen LogP contribution in [0.1, 0.15) is 113 Å². The number of esters is 1. The highest BCUT2D eigenvalue weighted by molar-refractivity contribution is 5.86. The summed E-state index contributed by atoms with van der Waals surface area (Å²) in [5.74, 6) is -6.76. The van der Waals surface area contributed by atoms with Gasteiger partial charge in [0.15, 0.2) is 12.1 Å². The first kappa shape index (κ1) is 82.6. The number of aliphatic hydroxyl groups is 10. The predicted octanol–water partition coefficient (Wildman–Crippen LogP) is 6.99. The molecule has 570 valence electrons. The molecule has 20 atom stereocenters. The van der Waals surface area contributed by atoms with Crippen LogP contribution >= 0.6 is 0 Å². The van der Waals surface area contributed by atoms with Crippen molar-refractivity contribution in [1.82, 2.24) is 16.0 Å². The Morgan fingerprint density at radius 2 is 1.14 bits per heavy atom. The summed E-state index contributed by atoms with van der Waals surface area (Å²) in [5.41, 5.74) is 7.73. The van der Waals surface area contributed by atoms with E-state index < -0.39 is 159 Å². The molecule has 3 aromatic carbocycles. The molecule has 6 unspecified atom stereocenters. The highest BCUT2D eigenvalue weighted by atomic mass is 16.7. The standard InChI is InChI=1S/C81H105N3O21/c1-7-57-58(8-2)65(62-32-24-21-29-59(57)62)47-100-79(96)83-38-40-99-39-37-82-77(95)72-69(90)46-81(98)45-55(87)42-68(89)67(88)36-35-53(85)41-54(86)43-71(91)102-51(5)50(4)74(92)49(3)27-19-17-15-13-11-9-10-12-14-16-18-20-28-56(44-70(72)105-81)104-78-76(94)73(75(93)52(6)103-78)84-80(97)101-48-66-63-33-25-22-30-60(63)61-31-23-26-34-64(61)66/h7-34,49-56,65-70,72-76,78,85-90,92-94,98H,1-2,35-48H2,3-6H3,(H,82,95)(H,83,96)(H,84,97)/b10-9+,13-11+,14-12+,17-15+,18-16+,27-19+,28-20+/t49-,50-,51-,52?,53+,54+,55-,56-,65?,67+,68+,69-,70-,72+,73?,74+,75?,76?,78?,81+/m0/s1. The largest absolute Gasteiger partial charge is 0.462 e. The van der Waals surface area contributed by atoms with E-state index in [1.165, 1.54) is 13.0 Å². The second kappa shape index (κ2) is 40.6. The lowest BCUT2D eigenvalue weighted by atomic mass is 9.82. The fourth-order valence-corrected chi connectivity index (χ4v) is 14.0. The zero-order valence-corrected chi connectivity index (χ0v) is 60.0. The fourth-order valence-electron chi connectivity index (χ4n) is 14.0. The minimum absolute atomic E-state index is 0.0129. The Balaban J connectivity index is 0.987. The number of hydrogen-bond acceptors (Lipinski definition) is 21. The number of benzene rings is 3. The average molecular weight is 1460 g/mol. The summed E-state index contributed by atoms with van der Waals surface area (Å²) in [6.07, 6.45) is 3.47. The lowest BCUT2D eigenvalue weighted by Gasteiger charge is -2.46. The Hall–Kier alpha value is -8.02. The second-order valence-electron chi connectivity index (χ2n) is 27.5. The molecule has 0 aromatic heterocycles. The van der Waals surface area contributed by atoms with Crippen molar-refractivity contribution in [3.63, 3.8) is 0 Å². The van der Waals surface area contributed by atoms with Crippen LogP contribution in [0.4, 0.5) is 9.59 Å². The maximum absolute atomic E-state index is 14.5. The summed E-state index contributed by atoms with van der Waals surface area (Å²) >= 11 is 0. The number of allylic oxidation sites excluding steroid dienone is 15. The Morgan fingerprint density at radius 3 is 1.76 bits per heavy atom. The third kappa shape index (κ3) is 23.5. The van der Waals surface area contributed by atoms with Gasteiger partial charge in [-0.2, -0.15) is 0 Å². The van der Waals surface area contributed by atoms with Crippen molar-refractivity contribution >= 4 is 29.6 Å². The van der Waals surface area contributed by atoms with Crippen molar-refractivity contribution in [3.05, 3.63) is 211 Å². The van der Waals surface area contributed by atoms with Crippen LogP contribution in [0.3, 0.4) is 0 Å². The van der Waals surface area contributed by atoms with Gasteiger partial charge in [0.1, 0.15) is 31.5 Å². The molecule has 105 heavy (non-hydrogen) atoms. The van der Waals surface area contributed by atoms with Gasteiger partial charge in [0.25, 0.3) is 0 Å². The van der Waals surface area contributed by atoms with Gasteiger partial charge in [-0.1, -0.05) is 197 Å². The molecule has 0 saturated carbocycles. The van der Waals surface area contributed by atoms with Crippen LogP contribution in [0.2, 0.25) is 0 Å².